The third kappa shape index (κ3) is 4.53. The highest BCUT2D eigenvalue weighted by Crippen LogP contribution is 2.34. The minimum Gasteiger partial charge on any atom is -0.478 e. The summed E-state index contributed by atoms with van der Waals surface area (Å²) in [6, 6.07) is 5.44. The van der Waals surface area contributed by atoms with Crippen LogP contribution in [-0.4, -0.2) is 61.3 Å². The molecule has 1 atom stereocenters. The Morgan fingerprint density at radius 2 is 2.00 bits per heavy atom. The molecule has 1 saturated heterocycles. The Morgan fingerprint density at radius 1 is 1.30 bits per heavy atom. The van der Waals surface area contributed by atoms with Gasteiger partial charge in [0.05, 0.1) is 35.6 Å². The molecular weight excluding hydrogens is 446 g/mol. The van der Waals surface area contributed by atoms with E-state index in [1.54, 1.807) is 12.1 Å². The number of carbonyl (C=O) groups is 1. The van der Waals surface area contributed by atoms with E-state index in [-0.39, 0.29) is 11.0 Å². The second-order valence-corrected chi connectivity index (χ2v) is 11.3. The summed E-state index contributed by atoms with van der Waals surface area (Å²) in [7, 11) is -2.68. The van der Waals surface area contributed by atoms with Crippen molar-refractivity contribution in [3.05, 3.63) is 36.2 Å². The Kier molecular flexibility index (Phi) is 6.06. The topological polar surface area (TPSA) is 119 Å². The molecule has 2 aromatic rings. The molecule has 3 heterocycles. The van der Waals surface area contributed by atoms with Crippen LogP contribution >= 0.6 is 0 Å². The van der Waals surface area contributed by atoms with E-state index in [9.17, 15) is 13.2 Å². The number of hydrogen-bond donors (Lipinski definition) is 2. The van der Waals surface area contributed by atoms with Gasteiger partial charge < -0.3 is 9.84 Å². The highest BCUT2D eigenvalue weighted by atomic mass is 32.2. The largest absolute Gasteiger partial charge is 0.478 e. The number of aromatic nitrogens is 2. The molecular formula is C22H30N5O5S+. The van der Waals surface area contributed by atoms with Gasteiger partial charge in [-0.05, 0) is 45.7 Å². The van der Waals surface area contributed by atoms with Gasteiger partial charge in [0, 0.05) is 32.2 Å². The zero-order chi connectivity index (χ0) is 24.0. The number of anilines is 1. The summed E-state index contributed by atoms with van der Waals surface area (Å²) in [6.07, 6.45) is 4.04. The molecule has 33 heavy (non-hydrogen) atoms. The smallest absolute Gasteiger partial charge is 0.345 e. The first-order valence-electron chi connectivity index (χ1n) is 10.9. The normalized spacial score (nSPS) is 19.3. The quantitative estimate of drug-likeness (QED) is 0.657. The lowest BCUT2D eigenvalue weighted by molar-refractivity contribution is -0.738. The van der Waals surface area contributed by atoms with E-state index in [4.69, 9.17) is 14.8 Å². The van der Waals surface area contributed by atoms with Crippen molar-refractivity contribution in [3.63, 3.8) is 0 Å². The van der Waals surface area contributed by atoms with Crippen LogP contribution in [0.15, 0.2) is 35.6 Å². The van der Waals surface area contributed by atoms with E-state index in [0.29, 0.717) is 15.7 Å². The van der Waals surface area contributed by atoms with Crippen LogP contribution in [0.1, 0.15) is 44.0 Å². The van der Waals surface area contributed by atoms with Gasteiger partial charge in [-0.2, -0.15) is 18.5 Å². The third-order valence-corrected chi connectivity index (χ3v) is 7.70. The van der Waals surface area contributed by atoms with Gasteiger partial charge >= 0.3 is 16.2 Å². The van der Waals surface area contributed by atoms with Gasteiger partial charge in [-0.25, -0.2) is 4.79 Å². The van der Waals surface area contributed by atoms with Crippen LogP contribution in [0.3, 0.4) is 0 Å². The average Bonchev–Trinajstić information content (AvgIpc) is 3.40. The SMILES string of the molecule is CN(c1ccc2c(c1)N=C(C(C)(C)C)[NH+]2CC1CCOCC1)S(=O)(=O)n1cc(C(=O)O)cn1. The van der Waals surface area contributed by atoms with Crippen LogP contribution in [-0.2, 0) is 14.9 Å². The molecule has 0 spiro atoms. The van der Waals surface area contributed by atoms with Crippen LogP contribution in [0.2, 0.25) is 0 Å². The summed E-state index contributed by atoms with van der Waals surface area (Å²) in [5, 5.41) is 12.8. The molecule has 0 saturated carbocycles. The molecule has 2 aliphatic rings. The maximum atomic E-state index is 13.0. The second-order valence-electron chi connectivity index (χ2n) is 9.53. The number of carboxylic acids is 1. The van der Waals surface area contributed by atoms with E-state index in [1.165, 1.54) is 11.9 Å². The van der Waals surface area contributed by atoms with E-state index < -0.39 is 16.2 Å². The van der Waals surface area contributed by atoms with Gasteiger partial charge in [0.15, 0.2) is 5.69 Å². The molecule has 10 nitrogen and oxygen atoms in total. The van der Waals surface area contributed by atoms with Crippen molar-refractivity contribution in [2.24, 2.45) is 16.3 Å². The molecule has 0 bridgehead atoms. The number of rotatable bonds is 6. The lowest BCUT2D eigenvalue weighted by Crippen LogP contribution is -3.11. The van der Waals surface area contributed by atoms with Crippen molar-refractivity contribution in [1.82, 2.24) is 9.19 Å². The molecule has 1 unspecified atom stereocenters. The van der Waals surface area contributed by atoms with Crippen molar-refractivity contribution < 1.29 is 28.0 Å². The Hall–Kier alpha value is -2.76. The van der Waals surface area contributed by atoms with Gasteiger partial charge in [0.1, 0.15) is 5.69 Å². The van der Waals surface area contributed by atoms with Crippen molar-refractivity contribution in [1.29, 1.82) is 0 Å². The lowest BCUT2D eigenvalue weighted by atomic mass is 9.92. The summed E-state index contributed by atoms with van der Waals surface area (Å²) in [4.78, 5) is 17.3. The number of fused-ring (bicyclic) bond motifs is 1. The number of amidine groups is 1. The van der Waals surface area contributed by atoms with Crippen molar-refractivity contribution >= 4 is 39.1 Å². The monoisotopic (exact) mass is 476 g/mol. The molecule has 178 valence electrons. The highest BCUT2D eigenvalue weighted by Gasteiger charge is 2.39. The molecule has 1 aromatic heterocycles. The first kappa shape index (κ1) is 23.4. The predicted octanol–water partition coefficient (Wildman–Crippen LogP) is 1.84. The van der Waals surface area contributed by atoms with Gasteiger partial charge in [-0.15, -0.1) is 4.09 Å². The Bertz CT molecular complexity index is 1190. The fraction of sp³-hybridized carbons (Fsp3) is 0.500. The third-order valence-electron chi connectivity index (χ3n) is 6.12. The van der Waals surface area contributed by atoms with Crippen LogP contribution in [0.4, 0.5) is 17.1 Å². The fourth-order valence-corrected chi connectivity index (χ4v) is 5.29. The lowest BCUT2D eigenvalue weighted by Gasteiger charge is -2.29. The van der Waals surface area contributed by atoms with Gasteiger partial charge in [-0.1, -0.05) is 0 Å². The standard InChI is InChI=1S/C22H29N5O5S/c1-22(2,3)21-24-18-11-17(5-6-19(18)26(21)13-15-7-9-32-10-8-15)25(4)33(30,31)27-14-16(12-23-27)20(28)29/h5-6,11-12,14-15H,7-10,13H2,1-4H3,(H,28,29)/p+1. The summed E-state index contributed by atoms with van der Waals surface area (Å²) in [6.45, 7) is 8.90. The van der Waals surface area contributed by atoms with E-state index in [1.807, 2.05) is 6.07 Å². The molecule has 2 N–H and O–H groups in total. The number of benzene rings is 1. The van der Waals surface area contributed by atoms with Crippen LogP contribution in [0, 0.1) is 11.3 Å². The van der Waals surface area contributed by atoms with Gasteiger partial charge in [0.2, 0.25) is 5.84 Å². The van der Waals surface area contributed by atoms with Crippen molar-refractivity contribution in [2.75, 3.05) is 31.1 Å². The maximum Gasteiger partial charge on any atom is 0.345 e. The summed E-state index contributed by atoms with van der Waals surface area (Å²) in [5.41, 5.74) is 1.85. The van der Waals surface area contributed by atoms with E-state index >= 15 is 0 Å². The van der Waals surface area contributed by atoms with Crippen molar-refractivity contribution in [3.8, 4) is 0 Å². The molecule has 1 fully saturated rings. The molecule has 2 aliphatic heterocycles. The number of aromatic carboxylic acids is 1. The van der Waals surface area contributed by atoms with Gasteiger partial charge in [-0.3, -0.25) is 9.21 Å². The summed E-state index contributed by atoms with van der Waals surface area (Å²) in [5.74, 6) is 0.330. The van der Waals surface area contributed by atoms with Crippen LogP contribution < -0.4 is 9.21 Å². The van der Waals surface area contributed by atoms with E-state index in [0.717, 1.165) is 66.5 Å². The van der Waals surface area contributed by atoms with Gasteiger partial charge in [0.25, 0.3) is 0 Å². The summed E-state index contributed by atoms with van der Waals surface area (Å²) >= 11 is 0. The number of hydrogen-bond acceptors (Lipinski definition) is 6. The molecule has 4 rings (SSSR count). The average molecular weight is 477 g/mol. The molecule has 11 heteroatoms. The highest BCUT2D eigenvalue weighted by molar-refractivity contribution is 7.91. The number of nitrogens with zero attached hydrogens (tertiary/aromatic N) is 4. The summed E-state index contributed by atoms with van der Waals surface area (Å²) < 4.78 is 33.3. The number of ether oxygens (including phenoxy) is 1. The maximum absolute atomic E-state index is 13.0. The number of aliphatic imine (C=N–C) groups is 1. The van der Waals surface area contributed by atoms with Crippen LogP contribution in [0.5, 0.6) is 0 Å². The number of nitrogens with one attached hydrogen (secondary N) is 1. The minimum absolute atomic E-state index is 0.153. The van der Waals surface area contributed by atoms with E-state index in [2.05, 4.69) is 25.9 Å². The zero-order valence-corrected chi connectivity index (χ0v) is 20.1. The molecule has 0 aliphatic carbocycles. The zero-order valence-electron chi connectivity index (χ0n) is 19.3. The molecule has 1 aromatic carbocycles. The predicted molar refractivity (Wildman–Crippen MR) is 124 cm³/mol. The first-order chi connectivity index (χ1) is 15.5. The Balaban J connectivity index is 1.65. The molecule has 0 amide bonds. The first-order valence-corrected chi connectivity index (χ1v) is 12.3. The van der Waals surface area contributed by atoms with Crippen molar-refractivity contribution in [2.45, 2.75) is 33.6 Å². The second kappa shape index (κ2) is 8.54. The number of carboxylic acid groups (broad SMARTS) is 1. The number of quaternary nitrogens is 1. The Morgan fingerprint density at radius 3 is 2.61 bits per heavy atom. The Labute approximate surface area is 193 Å². The molecule has 0 radical (unpaired) electrons. The fourth-order valence-electron chi connectivity index (χ4n) is 4.25. The van der Waals surface area contributed by atoms with Crippen LogP contribution in [0.25, 0.3) is 0 Å². The minimum atomic E-state index is -4.09.